The number of fused-ring (bicyclic) bond motifs is 1. The van der Waals surface area contributed by atoms with E-state index in [4.69, 9.17) is 0 Å². The molecule has 0 unspecified atom stereocenters. The third-order valence-corrected chi connectivity index (χ3v) is 6.52. The molecule has 0 bridgehead atoms. The molecule has 1 amide bonds. The molecule has 5 heteroatoms. The van der Waals surface area contributed by atoms with Crippen molar-refractivity contribution in [3.8, 4) is 0 Å². The van der Waals surface area contributed by atoms with Crippen LogP contribution in [-0.4, -0.2) is 19.0 Å². The van der Waals surface area contributed by atoms with Crippen LogP contribution in [0.5, 0.6) is 0 Å². The first-order valence-electron chi connectivity index (χ1n) is 6.93. The molecule has 1 aromatic rings. The number of hydrogen-bond donors (Lipinski definition) is 2. The van der Waals surface area contributed by atoms with E-state index in [9.17, 15) is 4.79 Å². The van der Waals surface area contributed by atoms with Crippen molar-refractivity contribution in [2.24, 2.45) is 11.3 Å². The molecule has 1 saturated carbocycles. The van der Waals surface area contributed by atoms with Gasteiger partial charge in [0.1, 0.15) is 0 Å². The SMILES string of the molecule is O=C(NCc1sccc1Br)[C@@]12CCCC[C@H]1CNC2. The van der Waals surface area contributed by atoms with Crippen LogP contribution >= 0.6 is 27.3 Å². The summed E-state index contributed by atoms with van der Waals surface area (Å²) in [4.78, 5) is 13.8. The van der Waals surface area contributed by atoms with Crippen LogP contribution < -0.4 is 10.6 Å². The molecule has 19 heavy (non-hydrogen) atoms. The van der Waals surface area contributed by atoms with Crippen LogP contribution in [-0.2, 0) is 11.3 Å². The van der Waals surface area contributed by atoms with Gasteiger partial charge < -0.3 is 10.6 Å². The van der Waals surface area contributed by atoms with Gasteiger partial charge in [0.25, 0.3) is 0 Å². The molecule has 1 aromatic heterocycles. The second kappa shape index (κ2) is 5.54. The number of nitrogens with one attached hydrogen (secondary N) is 2. The van der Waals surface area contributed by atoms with Crippen LogP contribution in [0, 0.1) is 11.3 Å². The lowest BCUT2D eigenvalue weighted by Gasteiger charge is -2.37. The van der Waals surface area contributed by atoms with E-state index in [2.05, 4.69) is 26.6 Å². The van der Waals surface area contributed by atoms with Crippen LogP contribution in [0.1, 0.15) is 30.6 Å². The lowest BCUT2D eigenvalue weighted by molar-refractivity contribution is -0.134. The predicted octanol–water partition coefficient (Wildman–Crippen LogP) is 2.91. The standard InChI is InChI=1S/C14H19BrN2OS/c15-11-4-6-19-12(11)8-17-13(18)14-5-2-1-3-10(14)7-16-9-14/h4,6,10,16H,1-3,5,7-9H2,(H,17,18)/t10-,14+/m0/s1. The lowest BCUT2D eigenvalue weighted by atomic mass is 9.67. The number of rotatable bonds is 3. The average molecular weight is 343 g/mol. The van der Waals surface area contributed by atoms with E-state index in [0.29, 0.717) is 12.5 Å². The molecule has 3 nitrogen and oxygen atoms in total. The van der Waals surface area contributed by atoms with E-state index in [-0.39, 0.29) is 11.3 Å². The summed E-state index contributed by atoms with van der Waals surface area (Å²) in [6.45, 7) is 2.51. The minimum Gasteiger partial charge on any atom is -0.351 e. The van der Waals surface area contributed by atoms with Gasteiger partial charge in [0.05, 0.1) is 12.0 Å². The Kier molecular flexibility index (Phi) is 3.96. The van der Waals surface area contributed by atoms with E-state index in [1.165, 1.54) is 24.1 Å². The molecular weight excluding hydrogens is 324 g/mol. The molecule has 0 radical (unpaired) electrons. The van der Waals surface area contributed by atoms with Gasteiger partial charge in [-0.3, -0.25) is 4.79 Å². The molecule has 1 saturated heterocycles. The van der Waals surface area contributed by atoms with Gasteiger partial charge in [-0.2, -0.15) is 0 Å². The summed E-state index contributed by atoms with van der Waals surface area (Å²) in [6, 6.07) is 2.03. The summed E-state index contributed by atoms with van der Waals surface area (Å²) in [6.07, 6.45) is 4.71. The molecule has 0 spiro atoms. The maximum Gasteiger partial charge on any atom is 0.228 e. The number of hydrogen-bond acceptors (Lipinski definition) is 3. The highest BCUT2D eigenvalue weighted by molar-refractivity contribution is 9.10. The van der Waals surface area contributed by atoms with Gasteiger partial charge in [-0.15, -0.1) is 11.3 Å². The first-order chi connectivity index (χ1) is 9.22. The number of amides is 1. The van der Waals surface area contributed by atoms with Crippen molar-refractivity contribution in [3.63, 3.8) is 0 Å². The van der Waals surface area contributed by atoms with E-state index < -0.39 is 0 Å². The number of carbonyl (C=O) groups excluding carboxylic acids is 1. The molecule has 1 aliphatic carbocycles. The third kappa shape index (κ3) is 2.48. The molecule has 2 heterocycles. The number of carbonyl (C=O) groups is 1. The van der Waals surface area contributed by atoms with Crippen LogP contribution in [0.4, 0.5) is 0 Å². The first kappa shape index (κ1) is 13.6. The quantitative estimate of drug-likeness (QED) is 0.886. The highest BCUT2D eigenvalue weighted by Gasteiger charge is 2.49. The van der Waals surface area contributed by atoms with E-state index >= 15 is 0 Å². The second-order valence-electron chi connectivity index (χ2n) is 5.60. The van der Waals surface area contributed by atoms with Crippen molar-refractivity contribution in [1.29, 1.82) is 0 Å². The zero-order valence-corrected chi connectivity index (χ0v) is 13.3. The summed E-state index contributed by atoms with van der Waals surface area (Å²) in [7, 11) is 0. The largest absolute Gasteiger partial charge is 0.351 e. The van der Waals surface area contributed by atoms with Gasteiger partial charge >= 0.3 is 0 Å². The summed E-state index contributed by atoms with van der Waals surface area (Å²) < 4.78 is 1.10. The highest BCUT2D eigenvalue weighted by Crippen LogP contribution is 2.44. The van der Waals surface area contributed by atoms with Crippen molar-refractivity contribution in [3.05, 3.63) is 20.8 Å². The summed E-state index contributed by atoms with van der Waals surface area (Å²) in [5, 5.41) is 8.63. The molecule has 2 N–H and O–H groups in total. The Bertz CT molecular complexity index is 476. The van der Waals surface area contributed by atoms with E-state index in [1.54, 1.807) is 11.3 Å². The maximum absolute atomic E-state index is 12.6. The van der Waals surface area contributed by atoms with Crippen molar-refractivity contribution < 1.29 is 4.79 Å². The van der Waals surface area contributed by atoms with Crippen molar-refractivity contribution in [2.75, 3.05) is 13.1 Å². The fourth-order valence-corrected chi connectivity index (χ4v) is 4.91. The number of thiophene rings is 1. The fourth-order valence-electron chi connectivity index (χ4n) is 3.48. The van der Waals surface area contributed by atoms with Gasteiger partial charge in [-0.1, -0.05) is 12.8 Å². The molecular formula is C14H19BrN2OS. The third-order valence-electron chi connectivity index (χ3n) is 4.59. The second-order valence-corrected chi connectivity index (χ2v) is 7.46. The summed E-state index contributed by atoms with van der Waals surface area (Å²) in [5.74, 6) is 0.788. The Morgan fingerprint density at radius 1 is 1.58 bits per heavy atom. The van der Waals surface area contributed by atoms with E-state index in [1.807, 2.05) is 11.4 Å². The Morgan fingerprint density at radius 2 is 2.47 bits per heavy atom. The zero-order valence-electron chi connectivity index (χ0n) is 10.9. The minimum atomic E-state index is -0.137. The Morgan fingerprint density at radius 3 is 3.26 bits per heavy atom. The Hall–Kier alpha value is -0.390. The number of halogens is 1. The topological polar surface area (TPSA) is 41.1 Å². The highest BCUT2D eigenvalue weighted by atomic mass is 79.9. The van der Waals surface area contributed by atoms with Crippen molar-refractivity contribution >= 4 is 33.2 Å². The van der Waals surface area contributed by atoms with Crippen LogP contribution in [0.2, 0.25) is 0 Å². The molecule has 2 fully saturated rings. The van der Waals surface area contributed by atoms with Gasteiger partial charge in [0.2, 0.25) is 5.91 Å². The monoisotopic (exact) mass is 342 g/mol. The van der Waals surface area contributed by atoms with Gasteiger partial charge in [0.15, 0.2) is 0 Å². The van der Waals surface area contributed by atoms with Crippen LogP contribution in [0.15, 0.2) is 15.9 Å². The molecule has 1 aliphatic heterocycles. The smallest absolute Gasteiger partial charge is 0.228 e. The van der Waals surface area contributed by atoms with Crippen molar-refractivity contribution in [2.45, 2.75) is 32.2 Å². The normalized spacial score (nSPS) is 30.1. The summed E-state index contributed by atoms with van der Waals surface area (Å²) >= 11 is 5.20. The summed E-state index contributed by atoms with van der Waals surface area (Å²) in [5.41, 5.74) is -0.137. The van der Waals surface area contributed by atoms with Gasteiger partial charge in [-0.25, -0.2) is 0 Å². The average Bonchev–Trinajstić information content (AvgIpc) is 3.02. The molecule has 3 rings (SSSR count). The lowest BCUT2D eigenvalue weighted by Crippen LogP contribution is -2.47. The zero-order chi connectivity index (χ0) is 13.3. The van der Waals surface area contributed by atoms with E-state index in [0.717, 1.165) is 24.0 Å². The van der Waals surface area contributed by atoms with Gasteiger partial charge in [0, 0.05) is 15.9 Å². The van der Waals surface area contributed by atoms with Crippen LogP contribution in [0.3, 0.4) is 0 Å². The Labute approximate surface area is 126 Å². The van der Waals surface area contributed by atoms with Crippen LogP contribution in [0.25, 0.3) is 0 Å². The van der Waals surface area contributed by atoms with Gasteiger partial charge in [-0.05, 0) is 52.7 Å². The molecule has 0 aromatic carbocycles. The first-order valence-corrected chi connectivity index (χ1v) is 8.60. The predicted molar refractivity (Wildman–Crippen MR) is 81.1 cm³/mol. The maximum atomic E-state index is 12.6. The molecule has 2 atom stereocenters. The molecule has 104 valence electrons. The minimum absolute atomic E-state index is 0.137. The van der Waals surface area contributed by atoms with Crippen molar-refractivity contribution in [1.82, 2.24) is 10.6 Å². The fraction of sp³-hybridized carbons (Fsp3) is 0.643. The Balaban J connectivity index is 1.67. The molecule has 2 aliphatic rings.